The minimum absolute atomic E-state index is 0.135. The number of carbonyl (C=O) groups excluding carboxylic acids is 2. The van der Waals surface area contributed by atoms with Crippen molar-refractivity contribution in [2.45, 2.75) is 31.4 Å². The molecule has 0 aliphatic carbocycles. The Morgan fingerprint density at radius 3 is 2.63 bits per heavy atom. The second-order valence-electron chi connectivity index (χ2n) is 4.78. The second kappa shape index (κ2) is 5.84. The number of primary amides is 1. The van der Waals surface area contributed by atoms with Gasteiger partial charge in [-0.3, -0.25) is 9.59 Å². The number of likely N-dealkylation sites (tertiary alicyclic amines) is 1. The van der Waals surface area contributed by atoms with Crippen molar-refractivity contribution in [3.05, 3.63) is 35.9 Å². The Hall–Kier alpha value is -1.88. The molecule has 5 nitrogen and oxygen atoms in total. The Balaban J connectivity index is 1.95. The molecule has 1 aromatic carbocycles. The zero-order valence-electron chi connectivity index (χ0n) is 10.7. The van der Waals surface area contributed by atoms with Crippen LogP contribution in [-0.2, 0) is 16.0 Å². The summed E-state index contributed by atoms with van der Waals surface area (Å²) in [6.45, 7) is 0.391. The first-order valence-electron chi connectivity index (χ1n) is 6.40. The summed E-state index contributed by atoms with van der Waals surface area (Å²) < 4.78 is 0. The maximum atomic E-state index is 12.1. The molecule has 2 atom stereocenters. The monoisotopic (exact) mass is 262 g/mol. The fraction of sp³-hybridized carbons (Fsp3) is 0.429. The quantitative estimate of drug-likeness (QED) is 0.805. The van der Waals surface area contributed by atoms with Crippen LogP contribution >= 0.6 is 0 Å². The molecule has 2 rings (SSSR count). The molecule has 1 fully saturated rings. The Labute approximate surface area is 112 Å². The zero-order valence-corrected chi connectivity index (χ0v) is 10.7. The van der Waals surface area contributed by atoms with Gasteiger partial charge in [0.15, 0.2) is 0 Å². The third-order valence-electron chi connectivity index (χ3n) is 3.45. The first-order valence-corrected chi connectivity index (χ1v) is 6.40. The van der Waals surface area contributed by atoms with Gasteiger partial charge < -0.3 is 15.7 Å². The van der Waals surface area contributed by atoms with E-state index in [1.165, 1.54) is 4.90 Å². The highest BCUT2D eigenvalue weighted by Gasteiger charge is 2.39. The minimum atomic E-state index is -0.872. The van der Waals surface area contributed by atoms with Gasteiger partial charge in [0.25, 0.3) is 0 Å². The summed E-state index contributed by atoms with van der Waals surface area (Å²) in [6.07, 6.45) is 0.515. The number of amides is 2. The first kappa shape index (κ1) is 13.5. The maximum absolute atomic E-state index is 12.1. The molecule has 0 aromatic heterocycles. The van der Waals surface area contributed by atoms with Crippen LogP contribution < -0.4 is 5.73 Å². The molecule has 0 spiro atoms. The van der Waals surface area contributed by atoms with Crippen LogP contribution in [0.5, 0.6) is 0 Å². The molecule has 1 unspecified atom stereocenters. The average molecular weight is 262 g/mol. The summed E-state index contributed by atoms with van der Waals surface area (Å²) in [6, 6.07) is 8.81. The van der Waals surface area contributed by atoms with Gasteiger partial charge in [0, 0.05) is 13.0 Å². The van der Waals surface area contributed by atoms with Crippen molar-refractivity contribution in [2.24, 2.45) is 5.73 Å². The van der Waals surface area contributed by atoms with Gasteiger partial charge in [-0.1, -0.05) is 30.3 Å². The van der Waals surface area contributed by atoms with Crippen LogP contribution in [0.1, 0.15) is 18.4 Å². The van der Waals surface area contributed by atoms with Crippen molar-refractivity contribution in [3.8, 4) is 0 Å². The predicted molar refractivity (Wildman–Crippen MR) is 70.1 cm³/mol. The van der Waals surface area contributed by atoms with Gasteiger partial charge >= 0.3 is 0 Å². The minimum Gasteiger partial charge on any atom is -0.390 e. The lowest BCUT2D eigenvalue weighted by Gasteiger charge is -2.23. The molecule has 1 aliphatic rings. The number of aryl methyl sites for hydroxylation is 1. The number of nitrogens with two attached hydrogens (primary N) is 1. The molecule has 3 N–H and O–H groups in total. The second-order valence-corrected chi connectivity index (χ2v) is 4.78. The van der Waals surface area contributed by atoms with E-state index in [1.807, 2.05) is 30.3 Å². The highest BCUT2D eigenvalue weighted by atomic mass is 16.3. The first-order chi connectivity index (χ1) is 9.09. The Bertz CT molecular complexity index is 461. The standard InChI is InChI=1S/C14H18N2O3/c15-14(19)13-11(17)8-9-16(13)12(18)7-6-10-4-2-1-3-5-10/h1-5,11,13,17H,6-9H2,(H2,15,19)/t11-,13?/m1/s1. The lowest BCUT2D eigenvalue weighted by Crippen LogP contribution is -2.48. The van der Waals surface area contributed by atoms with E-state index < -0.39 is 18.1 Å². The van der Waals surface area contributed by atoms with Crippen LogP contribution in [0, 0.1) is 0 Å². The summed E-state index contributed by atoms with van der Waals surface area (Å²) >= 11 is 0. The van der Waals surface area contributed by atoms with E-state index in [9.17, 15) is 14.7 Å². The number of benzene rings is 1. The van der Waals surface area contributed by atoms with E-state index in [0.29, 0.717) is 25.8 Å². The number of carbonyl (C=O) groups is 2. The smallest absolute Gasteiger partial charge is 0.242 e. The van der Waals surface area contributed by atoms with E-state index in [1.54, 1.807) is 0 Å². The topological polar surface area (TPSA) is 83.6 Å². The van der Waals surface area contributed by atoms with E-state index >= 15 is 0 Å². The van der Waals surface area contributed by atoms with E-state index in [0.717, 1.165) is 5.56 Å². The van der Waals surface area contributed by atoms with E-state index in [-0.39, 0.29) is 5.91 Å². The number of hydrogen-bond acceptors (Lipinski definition) is 3. The van der Waals surface area contributed by atoms with Crippen LogP contribution in [0.4, 0.5) is 0 Å². The summed E-state index contributed by atoms with van der Waals surface area (Å²) in [4.78, 5) is 24.8. The number of hydrogen-bond donors (Lipinski definition) is 2. The summed E-state index contributed by atoms with van der Waals surface area (Å²) in [5, 5.41) is 9.67. The molecule has 1 aliphatic heterocycles. The number of rotatable bonds is 4. The molecule has 0 radical (unpaired) electrons. The van der Waals surface area contributed by atoms with Crippen LogP contribution in [0.25, 0.3) is 0 Å². The lowest BCUT2D eigenvalue weighted by molar-refractivity contribution is -0.139. The van der Waals surface area contributed by atoms with Crippen molar-refractivity contribution in [1.29, 1.82) is 0 Å². The largest absolute Gasteiger partial charge is 0.390 e. The van der Waals surface area contributed by atoms with Crippen molar-refractivity contribution in [2.75, 3.05) is 6.54 Å². The highest BCUT2D eigenvalue weighted by Crippen LogP contribution is 2.19. The molecular weight excluding hydrogens is 244 g/mol. The third-order valence-corrected chi connectivity index (χ3v) is 3.45. The fourth-order valence-electron chi connectivity index (χ4n) is 2.44. The zero-order chi connectivity index (χ0) is 13.8. The molecule has 0 bridgehead atoms. The van der Waals surface area contributed by atoms with Gasteiger partial charge in [0.05, 0.1) is 6.10 Å². The third kappa shape index (κ3) is 3.12. The van der Waals surface area contributed by atoms with Crippen LogP contribution in [-0.4, -0.2) is 40.5 Å². The summed E-state index contributed by atoms with van der Waals surface area (Å²) in [5.74, 6) is -0.776. The van der Waals surface area contributed by atoms with Gasteiger partial charge in [-0.05, 0) is 18.4 Å². The molecule has 0 saturated carbocycles. The molecular formula is C14H18N2O3. The normalized spacial score (nSPS) is 22.5. The van der Waals surface area contributed by atoms with Crippen molar-refractivity contribution in [1.82, 2.24) is 4.90 Å². The van der Waals surface area contributed by atoms with Crippen LogP contribution in [0.2, 0.25) is 0 Å². The molecule has 19 heavy (non-hydrogen) atoms. The number of aliphatic hydroxyl groups excluding tert-OH is 1. The van der Waals surface area contributed by atoms with Gasteiger partial charge in [-0.2, -0.15) is 0 Å². The van der Waals surface area contributed by atoms with Gasteiger partial charge in [0.1, 0.15) is 6.04 Å². The van der Waals surface area contributed by atoms with Crippen molar-refractivity contribution < 1.29 is 14.7 Å². The highest BCUT2D eigenvalue weighted by molar-refractivity contribution is 5.87. The van der Waals surface area contributed by atoms with E-state index in [2.05, 4.69) is 0 Å². The SMILES string of the molecule is NC(=O)C1[C@H](O)CCN1C(=O)CCc1ccccc1. The van der Waals surface area contributed by atoms with E-state index in [4.69, 9.17) is 5.73 Å². The molecule has 102 valence electrons. The fourth-order valence-corrected chi connectivity index (χ4v) is 2.44. The van der Waals surface area contributed by atoms with Gasteiger partial charge in [0.2, 0.25) is 11.8 Å². The molecule has 5 heteroatoms. The van der Waals surface area contributed by atoms with Gasteiger partial charge in [-0.15, -0.1) is 0 Å². The predicted octanol–water partition coefficient (Wildman–Crippen LogP) is 0.0663. The number of nitrogens with zero attached hydrogens (tertiary/aromatic N) is 1. The lowest BCUT2D eigenvalue weighted by atomic mass is 10.1. The van der Waals surface area contributed by atoms with Gasteiger partial charge in [-0.25, -0.2) is 0 Å². The Morgan fingerprint density at radius 1 is 1.32 bits per heavy atom. The molecule has 2 amide bonds. The average Bonchev–Trinajstić information content (AvgIpc) is 2.79. The van der Waals surface area contributed by atoms with Crippen molar-refractivity contribution in [3.63, 3.8) is 0 Å². The molecule has 1 saturated heterocycles. The number of aliphatic hydroxyl groups is 1. The Morgan fingerprint density at radius 2 is 2.00 bits per heavy atom. The van der Waals surface area contributed by atoms with Crippen LogP contribution in [0.15, 0.2) is 30.3 Å². The van der Waals surface area contributed by atoms with Crippen molar-refractivity contribution >= 4 is 11.8 Å². The molecule has 1 aromatic rings. The summed E-state index contributed by atoms with van der Waals surface area (Å²) in [7, 11) is 0. The maximum Gasteiger partial charge on any atom is 0.242 e. The summed E-state index contributed by atoms with van der Waals surface area (Å²) in [5.41, 5.74) is 6.31. The Kier molecular flexibility index (Phi) is 4.16. The molecule has 1 heterocycles. The van der Waals surface area contributed by atoms with Crippen LogP contribution in [0.3, 0.4) is 0 Å².